The Kier molecular flexibility index (Phi) is 5.28. The maximum atomic E-state index is 12.9. The highest BCUT2D eigenvalue weighted by Crippen LogP contribution is 2.44. The van der Waals surface area contributed by atoms with Crippen LogP contribution in [0.2, 0.25) is 0 Å². The Labute approximate surface area is 171 Å². The zero-order chi connectivity index (χ0) is 20.5. The highest BCUT2D eigenvalue weighted by atomic mass is 16.7. The molecule has 1 saturated heterocycles. The first-order valence-corrected chi connectivity index (χ1v) is 9.94. The smallest absolute Gasteiger partial charge is 0.410 e. The van der Waals surface area contributed by atoms with Crippen LogP contribution in [0.5, 0.6) is 0 Å². The number of fused-ring (bicyclic) bond motifs is 3. The third-order valence-corrected chi connectivity index (χ3v) is 5.95. The van der Waals surface area contributed by atoms with Gasteiger partial charge in [0.05, 0.1) is 7.11 Å². The van der Waals surface area contributed by atoms with Crippen molar-refractivity contribution < 1.29 is 19.2 Å². The average molecular weight is 394 g/mol. The summed E-state index contributed by atoms with van der Waals surface area (Å²) < 4.78 is 5.74. The summed E-state index contributed by atoms with van der Waals surface area (Å²) in [6.45, 7) is 2.78. The van der Waals surface area contributed by atoms with Crippen LogP contribution in [0.1, 0.15) is 30.4 Å². The molecule has 0 N–H and O–H groups in total. The molecule has 4 rings (SSSR count). The SMILES string of the molecule is CON(C)C(=O)[C@@H]1CC(C)CN1C(=O)OCC1c2ccccc2-c2ccccc21. The number of ether oxygens (including phenoxy) is 1. The number of rotatable bonds is 4. The second-order valence-electron chi connectivity index (χ2n) is 7.83. The molecule has 2 aromatic rings. The molecule has 2 atom stereocenters. The molecule has 1 unspecified atom stereocenters. The number of carbonyl (C=O) groups excluding carboxylic acids is 2. The first kappa shape index (κ1) is 19.5. The predicted molar refractivity (Wildman–Crippen MR) is 109 cm³/mol. The van der Waals surface area contributed by atoms with Gasteiger partial charge < -0.3 is 4.74 Å². The van der Waals surface area contributed by atoms with Gasteiger partial charge in [0.25, 0.3) is 5.91 Å². The molecule has 1 aliphatic heterocycles. The molecular formula is C23H26N2O4. The average Bonchev–Trinajstić information content (AvgIpc) is 3.29. The summed E-state index contributed by atoms with van der Waals surface area (Å²) in [5, 5.41) is 1.17. The molecule has 6 heteroatoms. The van der Waals surface area contributed by atoms with Gasteiger partial charge in [0.2, 0.25) is 0 Å². The van der Waals surface area contributed by atoms with Gasteiger partial charge in [0, 0.05) is 19.5 Å². The number of likely N-dealkylation sites (tertiary alicyclic amines) is 1. The summed E-state index contributed by atoms with van der Waals surface area (Å²) in [5.41, 5.74) is 4.72. The third-order valence-electron chi connectivity index (χ3n) is 5.95. The molecule has 152 valence electrons. The molecule has 0 radical (unpaired) electrons. The number of likely N-dealkylation sites (N-methyl/N-ethyl adjacent to an activating group) is 1. The molecule has 0 bridgehead atoms. The monoisotopic (exact) mass is 394 g/mol. The molecule has 2 aromatic carbocycles. The van der Waals surface area contributed by atoms with Gasteiger partial charge in [-0.3, -0.25) is 14.5 Å². The molecule has 6 nitrogen and oxygen atoms in total. The van der Waals surface area contributed by atoms with Crippen LogP contribution in [0.15, 0.2) is 48.5 Å². The number of amides is 2. The lowest BCUT2D eigenvalue weighted by Crippen LogP contribution is -2.46. The molecule has 0 spiro atoms. The summed E-state index contributed by atoms with van der Waals surface area (Å²) in [5.74, 6) is 0.00206. The van der Waals surface area contributed by atoms with Crippen molar-refractivity contribution in [1.82, 2.24) is 9.96 Å². The lowest BCUT2D eigenvalue weighted by molar-refractivity contribution is -0.173. The Morgan fingerprint density at radius 3 is 2.24 bits per heavy atom. The maximum absolute atomic E-state index is 12.9. The Morgan fingerprint density at radius 1 is 1.07 bits per heavy atom. The van der Waals surface area contributed by atoms with E-state index in [1.807, 2.05) is 31.2 Å². The van der Waals surface area contributed by atoms with E-state index in [2.05, 4.69) is 24.3 Å². The van der Waals surface area contributed by atoms with Crippen LogP contribution in [0.25, 0.3) is 11.1 Å². The highest BCUT2D eigenvalue weighted by molar-refractivity contribution is 5.85. The number of carbonyl (C=O) groups is 2. The lowest BCUT2D eigenvalue weighted by atomic mass is 9.98. The van der Waals surface area contributed by atoms with Crippen molar-refractivity contribution in [3.8, 4) is 11.1 Å². The molecule has 0 aromatic heterocycles. The number of nitrogens with zero attached hydrogens (tertiary/aromatic N) is 2. The minimum absolute atomic E-state index is 0.00202. The first-order chi connectivity index (χ1) is 14.0. The summed E-state index contributed by atoms with van der Waals surface area (Å²) >= 11 is 0. The summed E-state index contributed by atoms with van der Waals surface area (Å²) in [7, 11) is 3.00. The van der Waals surface area contributed by atoms with E-state index >= 15 is 0 Å². The van der Waals surface area contributed by atoms with E-state index in [0.717, 1.165) is 0 Å². The Balaban J connectivity index is 1.50. The van der Waals surface area contributed by atoms with Crippen molar-refractivity contribution in [3.63, 3.8) is 0 Å². The molecule has 1 aliphatic carbocycles. The molecule has 2 amide bonds. The molecule has 1 fully saturated rings. The number of hydrogen-bond donors (Lipinski definition) is 0. The fraction of sp³-hybridized carbons (Fsp3) is 0.391. The minimum atomic E-state index is -0.550. The standard InChI is InChI=1S/C23H26N2O4/c1-15-12-21(22(26)24(2)28-3)25(13-15)23(27)29-14-20-18-10-6-4-8-16(18)17-9-5-7-11-19(17)20/h4-11,15,20-21H,12-14H2,1-3H3/t15?,21-/m0/s1. The zero-order valence-electron chi connectivity index (χ0n) is 17.0. The van der Waals surface area contributed by atoms with Crippen LogP contribution >= 0.6 is 0 Å². The van der Waals surface area contributed by atoms with Crippen LogP contribution < -0.4 is 0 Å². The third kappa shape index (κ3) is 3.49. The molecule has 0 saturated carbocycles. The van der Waals surface area contributed by atoms with Crippen LogP contribution in [0, 0.1) is 5.92 Å². The second kappa shape index (κ2) is 7.87. The van der Waals surface area contributed by atoms with Gasteiger partial charge in [-0.15, -0.1) is 0 Å². The van der Waals surface area contributed by atoms with Crippen LogP contribution in [-0.2, 0) is 14.4 Å². The van der Waals surface area contributed by atoms with Gasteiger partial charge in [-0.25, -0.2) is 9.86 Å². The Morgan fingerprint density at radius 2 is 1.66 bits per heavy atom. The molecule has 2 aliphatic rings. The van der Waals surface area contributed by atoms with Crippen molar-refractivity contribution in [1.29, 1.82) is 0 Å². The van der Waals surface area contributed by atoms with Crippen LogP contribution in [0.3, 0.4) is 0 Å². The van der Waals surface area contributed by atoms with Gasteiger partial charge in [0.15, 0.2) is 0 Å². The summed E-state index contributed by atoms with van der Waals surface area (Å²) in [6, 6.07) is 15.9. The van der Waals surface area contributed by atoms with Crippen molar-refractivity contribution in [3.05, 3.63) is 59.7 Å². The number of hydrogen-bond acceptors (Lipinski definition) is 4. The van der Waals surface area contributed by atoms with Gasteiger partial charge in [-0.1, -0.05) is 55.5 Å². The zero-order valence-corrected chi connectivity index (χ0v) is 17.0. The normalized spacial score (nSPS) is 20.3. The van der Waals surface area contributed by atoms with E-state index in [9.17, 15) is 9.59 Å². The van der Waals surface area contributed by atoms with Gasteiger partial charge in [-0.05, 0) is 34.6 Å². The van der Waals surface area contributed by atoms with E-state index < -0.39 is 12.1 Å². The van der Waals surface area contributed by atoms with Crippen molar-refractivity contribution in [2.75, 3.05) is 27.3 Å². The fourth-order valence-corrected chi connectivity index (χ4v) is 4.46. The molecule has 1 heterocycles. The van der Waals surface area contributed by atoms with E-state index in [1.165, 1.54) is 39.3 Å². The van der Waals surface area contributed by atoms with Crippen molar-refractivity contribution >= 4 is 12.0 Å². The second-order valence-corrected chi connectivity index (χ2v) is 7.83. The predicted octanol–water partition coefficient (Wildman–Crippen LogP) is 3.67. The largest absolute Gasteiger partial charge is 0.448 e. The fourth-order valence-electron chi connectivity index (χ4n) is 4.46. The van der Waals surface area contributed by atoms with Crippen LogP contribution in [-0.4, -0.2) is 55.3 Å². The minimum Gasteiger partial charge on any atom is -0.448 e. The van der Waals surface area contributed by atoms with E-state index in [0.29, 0.717) is 13.0 Å². The first-order valence-electron chi connectivity index (χ1n) is 9.94. The number of benzene rings is 2. The highest BCUT2D eigenvalue weighted by Gasteiger charge is 2.41. The maximum Gasteiger partial charge on any atom is 0.410 e. The van der Waals surface area contributed by atoms with Crippen molar-refractivity contribution in [2.45, 2.75) is 25.3 Å². The Hall–Kier alpha value is -2.86. The lowest BCUT2D eigenvalue weighted by Gasteiger charge is -2.26. The van der Waals surface area contributed by atoms with Gasteiger partial charge in [-0.2, -0.15) is 0 Å². The van der Waals surface area contributed by atoms with E-state index in [-0.39, 0.29) is 24.3 Å². The van der Waals surface area contributed by atoms with Gasteiger partial charge in [0.1, 0.15) is 12.6 Å². The quantitative estimate of drug-likeness (QED) is 0.743. The topological polar surface area (TPSA) is 59.1 Å². The van der Waals surface area contributed by atoms with Crippen LogP contribution in [0.4, 0.5) is 4.79 Å². The Bertz CT molecular complexity index is 883. The van der Waals surface area contributed by atoms with E-state index in [4.69, 9.17) is 9.57 Å². The summed E-state index contributed by atoms with van der Waals surface area (Å²) in [6.07, 6.45) is 0.163. The summed E-state index contributed by atoms with van der Waals surface area (Å²) in [4.78, 5) is 32.0. The molecule has 29 heavy (non-hydrogen) atoms. The molecular weight excluding hydrogens is 368 g/mol. The van der Waals surface area contributed by atoms with Crippen molar-refractivity contribution in [2.24, 2.45) is 5.92 Å². The van der Waals surface area contributed by atoms with E-state index in [1.54, 1.807) is 7.05 Å². The number of hydroxylamine groups is 2. The van der Waals surface area contributed by atoms with Gasteiger partial charge >= 0.3 is 6.09 Å².